The number of aliphatic hydroxyl groups excluding tert-OH is 1. The number of amides is 2. The maximum absolute atomic E-state index is 12.0. The highest BCUT2D eigenvalue weighted by Gasteiger charge is 2.28. The Morgan fingerprint density at radius 1 is 1.25 bits per heavy atom. The van der Waals surface area contributed by atoms with Crippen LogP contribution < -0.4 is 10.6 Å². The highest BCUT2D eigenvalue weighted by Crippen LogP contribution is 2.10. The van der Waals surface area contributed by atoms with Crippen molar-refractivity contribution in [2.24, 2.45) is 5.92 Å². The van der Waals surface area contributed by atoms with Gasteiger partial charge >= 0.3 is 12.1 Å². The fourth-order valence-electron chi connectivity index (χ4n) is 2.32. The molecule has 0 aliphatic heterocycles. The second kappa shape index (κ2) is 12.3. The first-order chi connectivity index (χ1) is 13.4. The van der Waals surface area contributed by atoms with Crippen LogP contribution in [-0.4, -0.2) is 48.9 Å². The van der Waals surface area contributed by atoms with Gasteiger partial charge in [0, 0.05) is 18.9 Å². The molecule has 0 aromatic heterocycles. The standard InChI is InChI=1S/C19H25N3O6/c1-13(8-9-20)17(18(25)27-2)22-16(24)10-15(23)11-21-19(26)28-12-14-6-4-3-5-7-14/h3-7,13,15,17,23H,8,10-12H2,1-2H3,(H,21,26)(H,22,24)/t13-,15+,17-/m0/s1. The maximum Gasteiger partial charge on any atom is 0.407 e. The van der Waals surface area contributed by atoms with Gasteiger partial charge in [0.1, 0.15) is 12.6 Å². The fraction of sp³-hybridized carbons (Fsp3) is 0.474. The number of rotatable bonds is 10. The Kier molecular flexibility index (Phi) is 10.1. The number of ether oxygens (including phenoxy) is 2. The molecule has 0 heterocycles. The highest BCUT2D eigenvalue weighted by molar-refractivity contribution is 5.84. The Balaban J connectivity index is 2.38. The average molecular weight is 391 g/mol. The van der Waals surface area contributed by atoms with E-state index in [-0.39, 0.29) is 26.0 Å². The van der Waals surface area contributed by atoms with E-state index in [1.54, 1.807) is 19.1 Å². The number of nitrogens with one attached hydrogen (secondary N) is 2. The largest absolute Gasteiger partial charge is 0.467 e. The van der Waals surface area contributed by atoms with E-state index in [4.69, 9.17) is 10.00 Å². The number of aliphatic hydroxyl groups is 1. The molecule has 1 rings (SSSR count). The van der Waals surface area contributed by atoms with E-state index in [0.717, 1.165) is 5.56 Å². The SMILES string of the molecule is COC(=O)[C@@H](NC(=O)C[C@@H](O)CNC(=O)OCc1ccccc1)[C@@H](C)CC#N. The third-order valence-electron chi connectivity index (χ3n) is 3.87. The molecule has 0 radical (unpaired) electrons. The first-order valence-electron chi connectivity index (χ1n) is 8.74. The minimum absolute atomic E-state index is 0.0530. The van der Waals surface area contributed by atoms with Crippen molar-refractivity contribution in [2.45, 2.75) is 38.5 Å². The first kappa shape index (κ1) is 22.9. The molecule has 0 aliphatic rings. The summed E-state index contributed by atoms with van der Waals surface area (Å²) in [6.07, 6.45) is -2.18. The number of carbonyl (C=O) groups excluding carboxylic acids is 3. The van der Waals surface area contributed by atoms with Gasteiger partial charge in [-0.1, -0.05) is 37.3 Å². The zero-order valence-corrected chi connectivity index (χ0v) is 15.9. The van der Waals surface area contributed by atoms with Crippen LogP contribution in [0, 0.1) is 17.2 Å². The van der Waals surface area contributed by atoms with Gasteiger partial charge in [0.25, 0.3) is 0 Å². The lowest BCUT2D eigenvalue weighted by molar-refractivity contribution is -0.146. The molecular weight excluding hydrogens is 366 g/mol. The average Bonchev–Trinajstić information content (AvgIpc) is 2.69. The minimum atomic E-state index is -1.17. The molecule has 0 unspecified atom stereocenters. The van der Waals surface area contributed by atoms with Crippen LogP contribution in [0.1, 0.15) is 25.3 Å². The summed E-state index contributed by atoms with van der Waals surface area (Å²) in [5.41, 5.74) is 0.818. The zero-order chi connectivity index (χ0) is 20.9. The van der Waals surface area contributed by atoms with Crippen molar-refractivity contribution in [1.82, 2.24) is 10.6 Å². The number of benzene rings is 1. The molecular formula is C19H25N3O6. The van der Waals surface area contributed by atoms with E-state index in [1.807, 2.05) is 24.3 Å². The van der Waals surface area contributed by atoms with E-state index in [2.05, 4.69) is 15.4 Å². The van der Waals surface area contributed by atoms with Gasteiger partial charge in [0.2, 0.25) is 5.91 Å². The monoisotopic (exact) mass is 391 g/mol. The number of nitriles is 1. The topological polar surface area (TPSA) is 138 Å². The maximum atomic E-state index is 12.0. The lowest BCUT2D eigenvalue weighted by Gasteiger charge is -2.21. The van der Waals surface area contributed by atoms with E-state index >= 15 is 0 Å². The quantitative estimate of drug-likeness (QED) is 0.503. The molecule has 9 nitrogen and oxygen atoms in total. The number of carbonyl (C=O) groups is 3. The van der Waals surface area contributed by atoms with Gasteiger partial charge in [-0.3, -0.25) is 4.79 Å². The Morgan fingerprint density at radius 3 is 2.54 bits per heavy atom. The van der Waals surface area contributed by atoms with E-state index in [0.29, 0.717) is 0 Å². The third kappa shape index (κ3) is 8.51. The molecule has 28 heavy (non-hydrogen) atoms. The van der Waals surface area contributed by atoms with Gasteiger partial charge in [0.15, 0.2) is 0 Å². The lowest BCUT2D eigenvalue weighted by atomic mass is 9.98. The molecule has 0 aliphatic carbocycles. The minimum Gasteiger partial charge on any atom is -0.467 e. The summed E-state index contributed by atoms with van der Waals surface area (Å²) in [5.74, 6) is -1.73. The number of methoxy groups -OCH3 is 1. The number of hydrogen-bond acceptors (Lipinski definition) is 7. The summed E-state index contributed by atoms with van der Waals surface area (Å²) in [6, 6.07) is 10.0. The molecule has 1 aromatic carbocycles. The molecule has 3 N–H and O–H groups in total. The van der Waals surface area contributed by atoms with Gasteiger partial charge < -0.3 is 25.2 Å². The normalized spacial score (nSPS) is 13.4. The molecule has 0 saturated heterocycles. The van der Waals surface area contributed by atoms with Crippen LogP contribution in [-0.2, 0) is 25.7 Å². The van der Waals surface area contributed by atoms with Crippen LogP contribution in [0.3, 0.4) is 0 Å². The summed E-state index contributed by atoms with van der Waals surface area (Å²) >= 11 is 0. The number of alkyl carbamates (subject to hydrolysis) is 1. The predicted molar refractivity (Wildman–Crippen MR) is 98.6 cm³/mol. The van der Waals surface area contributed by atoms with Gasteiger partial charge in [-0.05, 0) is 5.56 Å². The second-order valence-electron chi connectivity index (χ2n) is 6.21. The lowest BCUT2D eigenvalue weighted by Crippen LogP contribution is -2.47. The van der Waals surface area contributed by atoms with E-state index < -0.39 is 36.0 Å². The molecule has 0 bridgehead atoms. The highest BCUT2D eigenvalue weighted by atomic mass is 16.5. The van der Waals surface area contributed by atoms with Crippen molar-refractivity contribution in [2.75, 3.05) is 13.7 Å². The fourth-order valence-corrected chi connectivity index (χ4v) is 2.32. The summed E-state index contributed by atoms with van der Waals surface area (Å²) < 4.78 is 9.63. The zero-order valence-electron chi connectivity index (χ0n) is 15.9. The second-order valence-corrected chi connectivity index (χ2v) is 6.21. The van der Waals surface area contributed by atoms with Crippen molar-refractivity contribution in [3.63, 3.8) is 0 Å². The van der Waals surface area contributed by atoms with Crippen molar-refractivity contribution < 1.29 is 29.0 Å². The van der Waals surface area contributed by atoms with Gasteiger partial charge in [-0.25, -0.2) is 9.59 Å². The van der Waals surface area contributed by atoms with Crippen LogP contribution in [0.25, 0.3) is 0 Å². The van der Waals surface area contributed by atoms with Crippen molar-refractivity contribution in [1.29, 1.82) is 5.26 Å². The number of esters is 1. The number of hydrogen-bond donors (Lipinski definition) is 3. The van der Waals surface area contributed by atoms with Gasteiger partial charge in [-0.2, -0.15) is 5.26 Å². The van der Waals surface area contributed by atoms with Crippen molar-refractivity contribution in [3.05, 3.63) is 35.9 Å². The Bertz CT molecular complexity index is 689. The Hall–Kier alpha value is -3.12. The van der Waals surface area contributed by atoms with Crippen LogP contribution in [0.15, 0.2) is 30.3 Å². The molecule has 2 amide bonds. The summed E-state index contributed by atoms with van der Waals surface area (Å²) in [7, 11) is 1.18. The molecule has 3 atom stereocenters. The van der Waals surface area contributed by atoms with Crippen LogP contribution in [0.4, 0.5) is 4.79 Å². The number of nitrogens with zero attached hydrogens (tertiary/aromatic N) is 1. The molecule has 9 heteroatoms. The molecule has 0 saturated carbocycles. The molecule has 1 aromatic rings. The molecule has 0 fully saturated rings. The van der Waals surface area contributed by atoms with E-state index in [1.165, 1.54) is 7.11 Å². The third-order valence-corrected chi connectivity index (χ3v) is 3.87. The Morgan fingerprint density at radius 2 is 1.93 bits per heavy atom. The Labute approximate surface area is 163 Å². The predicted octanol–water partition coefficient (Wildman–Crippen LogP) is 0.871. The molecule has 0 spiro atoms. The van der Waals surface area contributed by atoms with Crippen molar-refractivity contribution >= 4 is 18.0 Å². The summed E-state index contributed by atoms with van der Waals surface area (Å²) in [6.45, 7) is 1.52. The van der Waals surface area contributed by atoms with Crippen molar-refractivity contribution in [3.8, 4) is 6.07 Å². The first-order valence-corrected chi connectivity index (χ1v) is 8.74. The summed E-state index contributed by atoms with van der Waals surface area (Å²) in [5, 5.41) is 23.5. The van der Waals surface area contributed by atoms with Gasteiger partial charge in [0.05, 0.1) is 25.7 Å². The van der Waals surface area contributed by atoms with E-state index in [9.17, 15) is 19.5 Å². The van der Waals surface area contributed by atoms with Crippen LogP contribution >= 0.6 is 0 Å². The smallest absolute Gasteiger partial charge is 0.407 e. The summed E-state index contributed by atoms with van der Waals surface area (Å²) in [4.78, 5) is 35.5. The molecule has 152 valence electrons. The van der Waals surface area contributed by atoms with Gasteiger partial charge in [-0.15, -0.1) is 0 Å². The van der Waals surface area contributed by atoms with Crippen LogP contribution in [0.5, 0.6) is 0 Å². The van der Waals surface area contributed by atoms with Crippen LogP contribution in [0.2, 0.25) is 0 Å².